The lowest BCUT2D eigenvalue weighted by Crippen LogP contribution is -2.22. The largest absolute Gasteiger partial charge is 0.489 e. The second kappa shape index (κ2) is 8.46. The number of allylic oxidation sites excluding steroid dienone is 1. The smallest absolute Gasteiger partial charge is 0.305 e. The minimum Gasteiger partial charge on any atom is -0.489 e. The van der Waals surface area contributed by atoms with Gasteiger partial charge in [0.1, 0.15) is 18.0 Å². The summed E-state index contributed by atoms with van der Waals surface area (Å²) in [7, 11) is 1.41. The average Bonchev–Trinajstić information content (AvgIpc) is 3.11. The van der Waals surface area contributed by atoms with Gasteiger partial charge in [-0.3, -0.25) is 9.59 Å². The van der Waals surface area contributed by atoms with Crippen molar-refractivity contribution in [3.8, 4) is 5.75 Å². The Hall–Kier alpha value is -1.82. The van der Waals surface area contributed by atoms with Gasteiger partial charge in [-0.05, 0) is 37.5 Å². The van der Waals surface area contributed by atoms with Crippen LogP contribution in [0.25, 0.3) is 0 Å². The van der Waals surface area contributed by atoms with Gasteiger partial charge >= 0.3 is 11.9 Å². The van der Waals surface area contributed by atoms with Crippen molar-refractivity contribution in [3.05, 3.63) is 39.9 Å². The van der Waals surface area contributed by atoms with E-state index in [9.17, 15) is 9.59 Å². The van der Waals surface area contributed by atoms with E-state index in [1.807, 2.05) is 13.0 Å². The lowest BCUT2D eigenvalue weighted by molar-refractivity contribution is -0.147. The van der Waals surface area contributed by atoms with Crippen molar-refractivity contribution in [1.82, 2.24) is 0 Å². The van der Waals surface area contributed by atoms with Crippen LogP contribution in [0.1, 0.15) is 50.2 Å². The first-order valence-corrected chi connectivity index (χ1v) is 10.1. The molecule has 1 aromatic carbocycles. The number of rotatable bonds is 6. The van der Waals surface area contributed by atoms with Gasteiger partial charge in [0, 0.05) is 41.6 Å². The average molecular weight is 437 g/mol. The van der Waals surface area contributed by atoms with Gasteiger partial charge in [0.25, 0.3) is 0 Å². The van der Waals surface area contributed by atoms with Crippen molar-refractivity contribution in [3.63, 3.8) is 0 Å². The number of esters is 2. The van der Waals surface area contributed by atoms with E-state index in [1.54, 1.807) is 0 Å². The maximum absolute atomic E-state index is 11.5. The van der Waals surface area contributed by atoms with Gasteiger partial charge in [-0.15, -0.1) is 0 Å². The standard InChI is InChI=1S/C21H25BrO5/c1-4-6-15-17(26-12(2)23)11-18-20(15)16-10-14(22)9-13(21(16)27-18)7-5-8-19(24)25-3/h4,6,9-10,15,17-18,20H,5,7-8,11H2,1-3H3/b6-4+/t15-,17+,18?,20?/m0/s1. The molecule has 1 fully saturated rings. The first-order valence-electron chi connectivity index (χ1n) is 9.30. The first kappa shape index (κ1) is 19.9. The van der Waals surface area contributed by atoms with Crippen molar-refractivity contribution in [2.45, 2.75) is 57.7 Å². The fraction of sp³-hybridized carbons (Fsp3) is 0.524. The number of carbonyl (C=O) groups is 2. The Morgan fingerprint density at radius 3 is 2.81 bits per heavy atom. The Labute approximate surface area is 168 Å². The molecule has 0 N–H and O–H groups in total. The number of ether oxygens (including phenoxy) is 3. The molecule has 0 radical (unpaired) electrons. The number of aryl methyl sites for hydroxylation is 1. The third-order valence-electron chi connectivity index (χ3n) is 5.28. The fourth-order valence-corrected chi connectivity index (χ4v) is 4.80. The molecule has 1 aliphatic carbocycles. The molecule has 0 saturated heterocycles. The van der Waals surface area contributed by atoms with E-state index in [2.05, 4.69) is 34.1 Å². The van der Waals surface area contributed by atoms with Gasteiger partial charge in [-0.1, -0.05) is 28.1 Å². The normalized spacial score (nSPS) is 25.8. The van der Waals surface area contributed by atoms with Crippen molar-refractivity contribution in [1.29, 1.82) is 0 Å². The molecule has 0 bridgehead atoms. The molecule has 5 nitrogen and oxygen atoms in total. The summed E-state index contributed by atoms with van der Waals surface area (Å²) in [5.41, 5.74) is 2.25. The topological polar surface area (TPSA) is 61.8 Å². The van der Waals surface area contributed by atoms with Gasteiger partial charge in [0.05, 0.1) is 7.11 Å². The van der Waals surface area contributed by atoms with Crippen LogP contribution < -0.4 is 4.74 Å². The number of halogens is 1. The molecule has 4 atom stereocenters. The van der Waals surface area contributed by atoms with Crippen LogP contribution in [0.2, 0.25) is 0 Å². The molecule has 1 aliphatic heterocycles. The fourth-order valence-electron chi connectivity index (χ4n) is 4.27. The predicted molar refractivity (Wildman–Crippen MR) is 105 cm³/mol. The van der Waals surface area contributed by atoms with E-state index >= 15 is 0 Å². The molecule has 1 aromatic rings. The lowest BCUT2D eigenvalue weighted by Gasteiger charge is -2.21. The Morgan fingerprint density at radius 1 is 1.37 bits per heavy atom. The van der Waals surface area contributed by atoms with Gasteiger partial charge in [0.2, 0.25) is 0 Å². The zero-order valence-electron chi connectivity index (χ0n) is 15.9. The molecule has 3 rings (SSSR count). The highest BCUT2D eigenvalue weighted by Crippen LogP contribution is 2.53. The summed E-state index contributed by atoms with van der Waals surface area (Å²) in [6.07, 6.45) is 6.50. The number of carbonyl (C=O) groups excluding carboxylic acids is 2. The number of hydrogen-bond acceptors (Lipinski definition) is 5. The highest BCUT2D eigenvalue weighted by molar-refractivity contribution is 9.10. The van der Waals surface area contributed by atoms with Crippen molar-refractivity contribution >= 4 is 27.9 Å². The van der Waals surface area contributed by atoms with E-state index in [-0.39, 0.29) is 36.0 Å². The van der Waals surface area contributed by atoms with E-state index in [4.69, 9.17) is 14.2 Å². The molecule has 0 amide bonds. The highest BCUT2D eigenvalue weighted by atomic mass is 79.9. The SMILES string of the molecule is C/C=C/[C@@H]1C2c3cc(Br)cc(CCCC(=O)OC)c3OC2C[C@H]1OC(C)=O. The molecule has 146 valence electrons. The third kappa shape index (κ3) is 4.21. The molecule has 27 heavy (non-hydrogen) atoms. The second-order valence-electron chi connectivity index (χ2n) is 7.08. The number of hydrogen-bond donors (Lipinski definition) is 0. The molecule has 1 saturated carbocycles. The minimum atomic E-state index is -0.257. The summed E-state index contributed by atoms with van der Waals surface area (Å²) in [6, 6.07) is 4.17. The quantitative estimate of drug-likeness (QED) is 0.490. The lowest BCUT2D eigenvalue weighted by atomic mass is 9.86. The summed E-state index contributed by atoms with van der Waals surface area (Å²) in [6.45, 7) is 3.43. The van der Waals surface area contributed by atoms with E-state index in [1.165, 1.54) is 14.0 Å². The molecule has 0 aromatic heterocycles. The Bertz CT molecular complexity index is 757. The Morgan fingerprint density at radius 2 is 2.15 bits per heavy atom. The van der Waals surface area contributed by atoms with Gasteiger partial charge in [-0.2, -0.15) is 0 Å². The number of methoxy groups -OCH3 is 1. The van der Waals surface area contributed by atoms with Crippen molar-refractivity contribution < 1.29 is 23.8 Å². The van der Waals surface area contributed by atoms with E-state index in [0.717, 1.165) is 27.8 Å². The molecular formula is C21H25BrO5. The predicted octanol–water partition coefficient (Wildman–Crippen LogP) is 4.32. The first-order chi connectivity index (χ1) is 12.9. The van der Waals surface area contributed by atoms with Gasteiger partial charge in [0.15, 0.2) is 0 Å². The minimum absolute atomic E-state index is 0.000734. The van der Waals surface area contributed by atoms with Crippen molar-refractivity contribution in [2.75, 3.05) is 7.11 Å². The van der Waals surface area contributed by atoms with Crippen LogP contribution >= 0.6 is 15.9 Å². The zero-order valence-corrected chi connectivity index (χ0v) is 17.5. The molecular weight excluding hydrogens is 412 g/mol. The molecule has 2 unspecified atom stereocenters. The summed E-state index contributed by atoms with van der Waals surface area (Å²) < 4.78 is 17.6. The van der Waals surface area contributed by atoms with Crippen molar-refractivity contribution in [2.24, 2.45) is 5.92 Å². The Kier molecular flexibility index (Phi) is 6.25. The maximum Gasteiger partial charge on any atom is 0.305 e. The second-order valence-corrected chi connectivity index (χ2v) is 8.00. The number of benzene rings is 1. The molecule has 2 aliphatic rings. The van der Waals surface area contributed by atoms with Crippen LogP contribution in [0.15, 0.2) is 28.8 Å². The van der Waals surface area contributed by atoms with E-state index < -0.39 is 0 Å². The van der Waals surface area contributed by atoms with Crippen LogP contribution in [0, 0.1) is 5.92 Å². The molecule has 6 heteroatoms. The van der Waals surface area contributed by atoms with Gasteiger partial charge in [-0.25, -0.2) is 0 Å². The van der Waals surface area contributed by atoms with Crippen LogP contribution in [0.3, 0.4) is 0 Å². The van der Waals surface area contributed by atoms with Crippen LogP contribution in [-0.2, 0) is 25.5 Å². The molecule has 1 heterocycles. The summed E-state index contributed by atoms with van der Waals surface area (Å²) in [4.78, 5) is 22.9. The third-order valence-corrected chi connectivity index (χ3v) is 5.74. The van der Waals surface area contributed by atoms with Crippen LogP contribution in [-0.4, -0.2) is 31.3 Å². The summed E-state index contributed by atoms with van der Waals surface area (Å²) >= 11 is 3.61. The highest BCUT2D eigenvalue weighted by Gasteiger charge is 2.50. The zero-order chi connectivity index (χ0) is 19.6. The summed E-state index contributed by atoms with van der Waals surface area (Å²) in [5, 5.41) is 0. The van der Waals surface area contributed by atoms with Crippen LogP contribution in [0.5, 0.6) is 5.75 Å². The maximum atomic E-state index is 11.5. The number of fused-ring (bicyclic) bond motifs is 3. The Balaban J connectivity index is 1.86. The monoisotopic (exact) mass is 436 g/mol. The van der Waals surface area contributed by atoms with E-state index in [0.29, 0.717) is 19.3 Å². The van der Waals surface area contributed by atoms with Gasteiger partial charge < -0.3 is 14.2 Å². The summed E-state index contributed by atoms with van der Waals surface area (Å²) in [5.74, 6) is 0.734. The van der Waals surface area contributed by atoms with Crippen LogP contribution in [0.4, 0.5) is 0 Å². The molecule has 0 spiro atoms.